The molecule has 0 heterocycles. The predicted octanol–water partition coefficient (Wildman–Crippen LogP) is 2.87. The molecule has 4 heteroatoms. The summed E-state index contributed by atoms with van der Waals surface area (Å²) in [7, 11) is 1.59. The van der Waals surface area contributed by atoms with Crippen molar-refractivity contribution >= 4 is 0 Å². The van der Waals surface area contributed by atoms with Crippen LogP contribution in [0.1, 0.15) is 38.3 Å². The van der Waals surface area contributed by atoms with Gasteiger partial charge < -0.3 is 19.9 Å². The van der Waals surface area contributed by atoms with Crippen molar-refractivity contribution in [1.29, 1.82) is 0 Å². The van der Waals surface area contributed by atoms with Gasteiger partial charge in [-0.1, -0.05) is 19.4 Å². The number of ether oxygens (including phenoxy) is 2. The number of nitrogens with one attached hydrogen (secondary N) is 1. The normalized spacial score (nSPS) is 12.4. The number of benzene rings is 1. The second-order valence-corrected chi connectivity index (χ2v) is 4.57. The first-order valence-corrected chi connectivity index (χ1v) is 6.87. The van der Waals surface area contributed by atoms with Crippen LogP contribution in [0.25, 0.3) is 0 Å². The molecule has 0 bridgehead atoms. The Morgan fingerprint density at radius 2 is 2.11 bits per heavy atom. The average Bonchev–Trinajstić information content (AvgIpc) is 2.42. The van der Waals surface area contributed by atoms with Crippen molar-refractivity contribution in [1.82, 2.24) is 5.32 Å². The zero-order valence-electron chi connectivity index (χ0n) is 12.1. The minimum absolute atomic E-state index is 0.0840. The molecule has 1 atom stereocenters. The molecular weight excluding hydrogens is 242 g/mol. The molecule has 0 saturated carbocycles. The minimum atomic E-state index is 0.0840. The van der Waals surface area contributed by atoms with Crippen LogP contribution in [-0.4, -0.2) is 32.0 Å². The lowest BCUT2D eigenvalue weighted by Crippen LogP contribution is -2.23. The van der Waals surface area contributed by atoms with Crippen LogP contribution in [0.2, 0.25) is 0 Å². The largest absolute Gasteiger partial charge is 0.507 e. The number of rotatable bonds is 9. The third kappa shape index (κ3) is 5.49. The highest BCUT2D eigenvalue weighted by atomic mass is 16.5. The molecule has 1 unspecified atom stereocenters. The first-order valence-electron chi connectivity index (χ1n) is 6.87. The van der Waals surface area contributed by atoms with Gasteiger partial charge in [-0.3, -0.25) is 0 Å². The van der Waals surface area contributed by atoms with Crippen LogP contribution in [0.5, 0.6) is 11.5 Å². The first-order chi connectivity index (χ1) is 9.19. The van der Waals surface area contributed by atoms with E-state index in [-0.39, 0.29) is 11.8 Å². The Morgan fingerprint density at radius 1 is 1.32 bits per heavy atom. The smallest absolute Gasteiger partial charge is 0.124 e. The molecule has 1 aromatic carbocycles. The summed E-state index contributed by atoms with van der Waals surface area (Å²) in [4.78, 5) is 0. The molecule has 0 radical (unpaired) electrons. The fourth-order valence-corrected chi connectivity index (χ4v) is 1.82. The topological polar surface area (TPSA) is 50.7 Å². The quantitative estimate of drug-likeness (QED) is 0.675. The fraction of sp³-hybridized carbons (Fsp3) is 0.600. The number of hydrogen-bond acceptors (Lipinski definition) is 4. The molecule has 0 fully saturated rings. The van der Waals surface area contributed by atoms with Gasteiger partial charge in [0.1, 0.15) is 11.5 Å². The van der Waals surface area contributed by atoms with E-state index in [1.165, 1.54) is 0 Å². The summed E-state index contributed by atoms with van der Waals surface area (Å²) >= 11 is 0. The third-order valence-corrected chi connectivity index (χ3v) is 3.04. The Bertz CT molecular complexity index is 368. The van der Waals surface area contributed by atoms with Gasteiger partial charge in [0, 0.05) is 30.8 Å². The molecule has 0 spiro atoms. The van der Waals surface area contributed by atoms with Gasteiger partial charge in [-0.15, -0.1) is 0 Å². The maximum Gasteiger partial charge on any atom is 0.124 e. The second kappa shape index (κ2) is 8.77. The van der Waals surface area contributed by atoms with E-state index < -0.39 is 0 Å². The Labute approximate surface area is 115 Å². The highest BCUT2D eigenvalue weighted by molar-refractivity contribution is 5.41. The van der Waals surface area contributed by atoms with Crippen molar-refractivity contribution in [2.45, 2.75) is 32.7 Å². The summed E-state index contributed by atoms with van der Waals surface area (Å²) < 4.78 is 10.5. The number of methoxy groups -OCH3 is 1. The van der Waals surface area contributed by atoms with Crippen molar-refractivity contribution < 1.29 is 14.6 Å². The standard InChI is InChI=1S/C15H25NO3/c1-4-5-9-19-10-8-16-12(2)14-7-6-13(18-3)11-15(14)17/h6-7,11-12,16-17H,4-5,8-10H2,1-3H3. The molecule has 4 nitrogen and oxygen atoms in total. The van der Waals surface area contributed by atoms with E-state index in [4.69, 9.17) is 9.47 Å². The summed E-state index contributed by atoms with van der Waals surface area (Å²) in [6.45, 7) is 6.46. The van der Waals surface area contributed by atoms with Crippen LogP contribution in [0.15, 0.2) is 18.2 Å². The number of hydrogen-bond donors (Lipinski definition) is 2. The number of phenols is 1. The molecule has 0 aliphatic rings. The number of unbranched alkanes of at least 4 members (excludes halogenated alkanes) is 1. The monoisotopic (exact) mass is 267 g/mol. The molecule has 1 rings (SSSR count). The predicted molar refractivity (Wildman–Crippen MR) is 76.8 cm³/mol. The van der Waals surface area contributed by atoms with Crippen LogP contribution in [-0.2, 0) is 4.74 Å². The maximum atomic E-state index is 9.91. The molecular formula is C15H25NO3. The molecule has 0 aliphatic carbocycles. The summed E-state index contributed by atoms with van der Waals surface area (Å²) in [6.07, 6.45) is 2.26. The van der Waals surface area contributed by atoms with Gasteiger partial charge in [0.15, 0.2) is 0 Å². The molecule has 0 saturated heterocycles. The SMILES string of the molecule is CCCCOCCNC(C)c1ccc(OC)cc1O. The van der Waals surface area contributed by atoms with Gasteiger partial charge in [-0.25, -0.2) is 0 Å². The molecule has 0 aliphatic heterocycles. The lowest BCUT2D eigenvalue weighted by molar-refractivity contribution is 0.131. The maximum absolute atomic E-state index is 9.91. The van der Waals surface area contributed by atoms with Gasteiger partial charge >= 0.3 is 0 Å². The molecule has 0 aromatic heterocycles. The summed E-state index contributed by atoms with van der Waals surface area (Å²) in [5, 5.41) is 13.2. The Kier molecular flexibility index (Phi) is 7.30. The third-order valence-electron chi connectivity index (χ3n) is 3.04. The average molecular weight is 267 g/mol. The number of phenolic OH excluding ortho intramolecular Hbond substituents is 1. The van der Waals surface area contributed by atoms with Crippen LogP contribution in [0.3, 0.4) is 0 Å². The Morgan fingerprint density at radius 3 is 2.74 bits per heavy atom. The number of aromatic hydroxyl groups is 1. The van der Waals surface area contributed by atoms with Gasteiger partial charge in [-0.05, 0) is 19.4 Å². The molecule has 108 valence electrons. The lowest BCUT2D eigenvalue weighted by atomic mass is 10.1. The van der Waals surface area contributed by atoms with Crippen LogP contribution in [0.4, 0.5) is 0 Å². The second-order valence-electron chi connectivity index (χ2n) is 4.57. The van der Waals surface area contributed by atoms with Gasteiger partial charge in [0.25, 0.3) is 0 Å². The summed E-state index contributed by atoms with van der Waals surface area (Å²) in [6, 6.07) is 5.45. The van der Waals surface area contributed by atoms with Crippen molar-refractivity contribution in [2.75, 3.05) is 26.9 Å². The lowest BCUT2D eigenvalue weighted by Gasteiger charge is -2.16. The van der Waals surface area contributed by atoms with Crippen molar-refractivity contribution in [3.63, 3.8) is 0 Å². The minimum Gasteiger partial charge on any atom is -0.507 e. The molecule has 2 N–H and O–H groups in total. The Hall–Kier alpha value is -1.26. The van der Waals surface area contributed by atoms with E-state index in [9.17, 15) is 5.11 Å². The zero-order chi connectivity index (χ0) is 14.1. The van der Waals surface area contributed by atoms with Gasteiger partial charge in [-0.2, -0.15) is 0 Å². The van der Waals surface area contributed by atoms with Crippen LogP contribution < -0.4 is 10.1 Å². The van der Waals surface area contributed by atoms with Gasteiger partial charge in [0.05, 0.1) is 13.7 Å². The molecule has 0 amide bonds. The van der Waals surface area contributed by atoms with Crippen molar-refractivity contribution in [3.8, 4) is 11.5 Å². The van der Waals surface area contributed by atoms with E-state index in [0.717, 1.165) is 31.6 Å². The summed E-state index contributed by atoms with van der Waals surface area (Å²) in [5.41, 5.74) is 0.870. The molecule has 19 heavy (non-hydrogen) atoms. The summed E-state index contributed by atoms with van der Waals surface area (Å²) in [5.74, 6) is 0.919. The fourth-order valence-electron chi connectivity index (χ4n) is 1.82. The Balaban J connectivity index is 2.34. The van der Waals surface area contributed by atoms with Crippen LogP contribution in [0, 0.1) is 0 Å². The van der Waals surface area contributed by atoms with E-state index in [1.807, 2.05) is 19.1 Å². The molecule has 1 aromatic rings. The van der Waals surface area contributed by atoms with Crippen molar-refractivity contribution in [3.05, 3.63) is 23.8 Å². The highest BCUT2D eigenvalue weighted by Gasteiger charge is 2.10. The van der Waals surface area contributed by atoms with E-state index >= 15 is 0 Å². The van der Waals surface area contributed by atoms with E-state index in [1.54, 1.807) is 13.2 Å². The van der Waals surface area contributed by atoms with E-state index in [0.29, 0.717) is 12.4 Å². The van der Waals surface area contributed by atoms with E-state index in [2.05, 4.69) is 12.2 Å². The van der Waals surface area contributed by atoms with Crippen molar-refractivity contribution in [2.24, 2.45) is 0 Å². The van der Waals surface area contributed by atoms with Gasteiger partial charge in [0.2, 0.25) is 0 Å². The zero-order valence-corrected chi connectivity index (χ0v) is 12.1. The first kappa shape index (κ1) is 15.8. The highest BCUT2D eigenvalue weighted by Crippen LogP contribution is 2.28. The van der Waals surface area contributed by atoms with Crippen LogP contribution >= 0.6 is 0 Å².